The van der Waals surface area contributed by atoms with Crippen LogP contribution in [0.15, 0.2) is 48.8 Å². The van der Waals surface area contributed by atoms with Crippen molar-refractivity contribution in [1.82, 2.24) is 45.4 Å². The van der Waals surface area contributed by atoms with Gasteiger partial charge in [-0.3, -0.25) is 10.1 Å². The Labute approximate surface area is 170 Å². The molecule has 10 nitrogen and oxygen atoms in total. The van der Waals surface area contributed by atoms with Gasteiger partial charge in [-0.1, -0.05) is 18.2 Å². The molecule has 0 aliphatic carbocycles. The van der Waals surface area contributed by atoms with Crippen molar-refractivity contribution in [3.63, 3.8) is 0 Å². The van der Waals surface area contributed by atoms with E-state index in [0.29, 0.717) is 11.5 Å². The molecule has 30 heavy (non-hydrogen) atoms. The van der Waals surface area contributed by atoms with Crippen molar-refractivity contribution < 1.29 is 0 Å². The Morgan fingerprint density at radius 1 is 1.03 bits per heavy atom. The molecular weight excluding hydrogens is 380 g/mol. The van der Waals surface area contributed by atoms with Crippen LogP contribution in [0.2, 0.25) is 0 Å². The Hall–Kier alpha value is -4.47. The second kappa shape index (κ2) is 7.17. The topological polar surface area (TPSA) is 137 Å². The molecule has 5 aromatic rings. The summed E-state index contributed by atoms with van der Waals surface area (Å²) >= 11 is 0. The quantitative estimate of drug-likeness (QED) is 0.472. The van der Waals surface area contributed by atoms with E-state index < -0.39 is 0 Å². The summed E-state index contributed by atoms with van der Waals surface area (Å²) in [6, 6.07) is 11.6. The number of hydrogen-bond acceptors (Lipinski definition) is 8. The molecule has 3 N–H and O–H groups in total. The molecular formula is C20H16N10. The van der Waals surface area contributed by atoms with Gasteiger partial charge in [-0.2, -0.15) is 9.90 Å². The zero-order valence-corrected chi connectivity index (χ0v) is 15.9. The molecule has 0 aliphatic rings. The summed E-state index contributed by atoms with van der Waals surface area (Å²) in [6.45, 7) is 0. The molecule has 5 rings (SSSR count). The van der Waals surface area contributed by atoms with Gasteiger partial charge in [0.25, 0.3) is 0 Å². The van der Waals surface area contributed by atoms with Gasteiger partial charge in [0.05, 0.1) is 24.0 Å². The normalized spacial score (nSPS) is 11.5. The largest absolute Gasteiger partial charge is 0.368 e. The van der Waals surface area contributed by atoms with Crippen LogP contribution in [0, 0.1) is 0 Å². The van der Waals surface area contributed by atoms with Crippen molar-refractivity contribution in [3.05, 3.63) is 60.0 Å². The average Bonchev–Trinajstić information content (AvgIpc) is 3.38. The number of tetrazole rings is 1. The zero-order chi connectivity index (χ0) is 20.5. The number of rotatable bonds is 4. The van der Waals surface area contributed by atoms with Gasteiger partial charge < -0.3 is 5.73 Å². The smallest absolute Gasteiger partial charge is 0.223 e. The minimum Gasteiger partial charge on any atom is -0.368 e. The molecule has 10 heteroatoms. The number of aromatic nitrogens is 9. The highest BCUT2D eigenvalue weighted by Crippen LogP contribution is 2.25. The van der Waals surface area contributed by atoms with Crippen molar-refractivity contribution in [3.8, 4) is 22.8 Å². The third kappa shape index (κ3) is 3.37. The van der Waals surface area contributed by atoms with Gasteiger partial charge in [0.15, 0.2) is 0 Å². The molecule has 4 heterocycles. The van der Waals surface area contributed by atoms with Crippen molar-refractivity contribution in [2.45, 2.75) is 0 Å². The Bertz CT molecular complexity index is 1360. The minimum atomic E-state index is 0.246. The number of nitrogen functional groups attached to an aromatic ring is 1. The molecule has 4 aromatic heterocycles. The van der Waals surface area contributed by atoms with Gasteiger partial charge in [-0.15, -0.1) is 10.2 Å². The summed E-state index contributed by atoms with van der Waals surface area (Å²) in [5.41, 5.74) is 10.7. The monoisotopic (exact) mass is 396 g/mol. The number of nitrogens with two attached hydrogens (primary N) is 1. The van der Waals surface area contributed by atoms with E-state index in [1.165, 1.54) is 4.80 Å². The lowest BCUT2D eigenvalue weighted by Crippen LogP contribution is -1.94. The number of benzene rings is 1. The van der Waals surface area contributed by atoms with E-state index in [1.54, 1.807) is 19.4 Å². The van der Waals surface area contributed by atoms with E-state index in [1.807, 2.05) is 48.6 Å². The minimum absolute atomic E-state index is 0.246. The van der Waals surface area contributed by atoms with Crippen LogP contribution in [0.3, 0.4) is 0 Å². The molecule has 146 valence electrons. The Balaban J connectivity index is 1.39. The number of pyridine rings is 1. The van der Waals surface area contributed by atoms with Crippen LogP contribution in [0.4, 0.5) is 5.95 Å². The third-order valence-corrected chi connectivity index (χ3v) is 4.52. The number of hydrogen-bond donors (Lipinski definition) is 2. The highest BCUT2D eigenvalue weighted by molar-refractivity contribution is 5.91. The maximum Gasteiger partial charge on any atom is 0.223 e. The molecule has 0 atom stereocenters. The van der Waals surface area contributed by atoms with Gasteiger partial charge in [-0.25, -0.2) is 9.97 Å². The van der Waals surface area contributed by atoms with Gasteiger partial charge in [0.1, 0.15) is 5.69 Å². The van der Waals surface area contributed by atoms with Crippen molar-refractivity contribution in [1.29, 1.82) is 0 Å². The van der Waals surface area contributed by atoms with Gasteiger partial charge in [-0.05, 0) is 41.1 Å². The van der Waals surface area contributed by atoms with Gasteiger partial charge in [0, 0.05) is 23.3 Å². The summed E-state index contributed by atoms with van der Waals surface area (Å²) in [4.78, 5) is 14.0. The number of nitrogens with zero attached hydrogens (tertiary/aromatic N) is 8. The van der Waals surface area contributed by atoms with Crippen LogP contribution < -0.4 is 5.73 Å². The average molecular weight is 396 g/mol. The molecule has 0 fully saturated rings. The van der Waals surface area contributed by atoms with Crippen LogP contribution in [-0.2, 0) is 7.05 Å². The Morgan fingerprint density at radius 2 is 1.97 bits per heavy atom. The fourth-order valence-electron chi connectivity index (χ4n) is 3.06. The predicted molar refractivity (Wildman–Crippen MR) is 112 cm³/mol. The fourth-order valence-corrected chi connectivity index (χ4v) is 3.06. The van der Waals surface area contributed by atoms with Crippen LogP contribution in [0.1, 0.15) is 11.3 Å². The first-order valence-electron chi connectivity index (χ1n) is 9.11. The van der Waals surface area contributed by atoms with Crippen molar-refractivity contribution in [2.75, 3.05) is 5.73 Å². The first kappa shape index (κ1) is 17.6. The van der Waals surface area contributed by atoms with Crippen molar-refractivity contribution >= 4 is 29.0 Å². The molecule has 0 bridgehead atoms. The highest BCUT2D eigenvalue weighted by Gasteiger charge is 2.08. The summed E-state index contributed by atoms with van der Waals surface area (Å²) < 4.78 is 0. The summed E-state index contributed by atoms with van der Waals surface area (Å²) in [5, 5.41) is 20.4. The number of aromatic amines is 1. The van der Waals surface area contributed by atoms with Crippen molar-refractivity contribution in [2.24, 2.45) is 7.05 Å². The highest BCUT2D eigenvalue weighted by atomic mass is 15.6. The lowest BCUT2D eigenvalue weighted by molar-refractivity contribution is 0.630. The van der Waals surface area contributed by atoms with E-state index in [4.69, 9.17) is 5.73 Å². The predicted octanol–water partition coefficient (Wildman–Crippen LogP) is 2.36. The Morgan fingerprint density at radius 3 is 2.73 bits per heavy atom. The molecule has 0 spiro atoms. The number of nitrogens with one attached hydrogen (secondary N) is 1. The SMILES string of the molecule is Cn1nnc(-c2ccc(C=Cc3n[nH]c4cc(-c5ccnc(N)n5)ccc34)cn2)n1. The molecule has 0 amide bonds. The molecule has 0 radical (unpaired) electrons. The van der Waals surface area contributed by atoms with E-state index in [9.17, 15) is 0 Å². The molecule has 0 aliphatic heterocycles. The van der Waals surface area contributed by atoms with E-state index in [0.717, 1.165) is 33.4 Å². The zero-order valence-electron chi connectivity index (χ0n) is 15.9. The molecule has 0 saturated heterocycles. The Kier molecular flexibility index (Phi) is 4.21. The van der Waals surface area contributed by atoms with Gasteiger partial charge in [0.2, 0.25) is 11.8 Å². The molecule has 0 unspecified atom stereocenters. The number of fused-ring (bicyclic) bond motifs is 1. The second-order valence-corrected chi connectivity index (χ2v) is 6.58. The van der Waals surface area contributed by atoms with Crippen LogP contribution in [0.5, 0.6) is 0 Å². The lowest BCUT2D eigenvalue weighted by atomic mass is 10.1. The number of anilines is 1. The standard InChI is InChI=1S/C20H16N10/c1-30-28-19(27-29-30)17-7-3-12(11-23-17)2-6-16-14-5-4-13(10-18(14)26-25-16)15-8-9-22-20(21)24-15/h2-11H,1H3,(H,25,26)(H2,21,22,24). The maximum atomic E-state index is 5.68. The first-order chi connectivity index (χ1) is 14.7. The van der Waals surface area contributed by atoms with E-state index in [2.05, 4.69) is 40.6 Å². The summed E-state index contributed by atoms with van der Waals surface area (Å²) in [6.07, 6.45) is 7.30. The number of aryl methyl sites for hydroxylation is 1. The first-order valence-corrected chi connectivity index (χ1v) is 9.11. The second-order valence-electron chi connectivity index (χ2n) is 6.58. The maximum absolute atomic E-state index is 5.68. The fraction of sp³-hybridized carbons (Fsp3) is 0.0500. The van der Waals surface area contributed by atoms with Crippen LogP contribution >= 0.6 is 0 Å². The summed E-state index contributed by atoms with van der Waals surface area (Å²) in [7, 11) is 1.72. The summed E-state index contributed by atoms with van der Waals surface area (Å²) in [5.74, 6) is 0.739. The molecule has 0 saturated carbocycles. The molecule has 1 aromatic carbocycles. The van der Waals surface area contributed by atoms with Crippen LogP contribution in [0.25, 0.3) is 45.8 Å². The van der Waals surface area contributed by atoms with E-state index in [-0.39, 0.29) is 5.95 Å². The van der Waals surface area contributed by atoms with E-state index >= 15 is 0 Å². The van der Waals surface area contributed by atoms with Gasteiger partial charge >= 0.3 is 0 Å². The third-order valence-electron chi connectivity index (χ3n) is 4.52. The van der Waals surface area contributed by atoms with Crippen LogP contribution in [-0.4, -0.2) is 45.4 Å². The number of H-pyrrole nitrogens is 1. The lowest BCUT2D eigenvalue weighted by Gasteiger charge is -2.01.